The molecule has 1 aromatic carbocycles. The van der Waals surface area contributed by atoms with Crippen LogP contribution in [0.25, 0.3) is 0 Å². The molecule has 0 saturated heterocycles. The average molecular weight is 442 g/mol. The normalized spacial score (nSPS) is 14.5. The van der Waals surface area contributed by atoms with Crippen LogP contribution in [0.2, 0.25) is 0 Å². The summed E-state index contributed by atoms with van der Waals surface area (Å²) in [6, 6.07) is 8.12. The number of hydrogen-bond acceptors (Lipinski definition) is 2. The number of carbonyl (C=O) groups is 1. The first kappa shape index (κ1) is 33.4. The molecule has 0 aromatic heterocycles. The zero-order chi connectivity index (χ0) is 21.9. The van der Waals surface area contributed by atoms with Gasteiger partial charge >= 0.3 is 51.4 Å². The van der Waals surface area contributed by atoms with Crippen molar-refractivity contribution in [3.63, 3.8) is 0 Å². The second-order valence-corrected chi connectivity index (χ2v) is 6.06. The van der Waals surface area contributed by atoms with Crippen LogP contribution in [0.15, 0.2) is 60.7 Å². The van der Waals surface area contributed by atoms with Gasteiger partial charge in [-0.05, 0) is 30.0 Å². The molecule has 0 fully saturated rings. The van der Waals surface area contributed by atoms with Crippen LogP contribution in [0, 0.1) is 0 Å². The number of allylic oxidation sites excluding steroid dienone is 3. The molecule has 1 aromatic rings. The number of amides is 1. The Kier molecular flexibility index (Phi) is 25.9. The van der Waals surface area contributed by atoms with Crippen molar-refractivity contribution in [3.05, 3.63) is 71.8 Å². The minimum absolute atomic E-state index is 0. The van der Waals surface area contributed by atoms with Gasteiger partial charge < -0.3 is 22.3 Å². The van der Waals surface area contributed by atoms with Crippen LogP contribution in [0.3, 0.4) is 0 Å². The Bertz CT molecular complexity index is 609. The summed E-state index contributed by atoms with van der Waals surface area (Å²) in [5, 5.41) is -0.302. The van der Waals surface area contributed by atoms with Crippen LogP contribution < -0.4 is 51.4 Å². The van der Waals surface area contributed by atoms with Crippen molar-refractivity contribution in [2.45, 2.75) is 73.8 Å². The Labute approximate surface area is 228 Å². The molecule has 0 aliphatic carbocycles. The number of unbranched alkanes of at least 4 members (excludes halogenated alkanes) is 1. The summed E-state index contributed by atoms with van der Waals surface area (Å²) in [5.74, 6) is 0. The average Bonchev–Trinajstić information content (AvgIpc) is 2.75. The van der Waals surface area contributed by atoms with Gasteiger partial charge in [0.2, 0.25) is 0 Å². The second kappa shape index (κ2) is 22.5. The van der Waals surface area contributed by atoms with Gasteiger partial charge in [0.05, 0.1) is 6.04 Å². The van der Waals surface area contributed by atoms with Crippen molar-refractivity contribution in [1.82, 2.24) is 4.90 Å². The Balaban J connectivity index is -0.000000657. The minimum Gasteiger partial charge on any atom is -0.719 e. The molecule has 0 unspecified atom stereocenters. The predicted octanol–water partition coefficient (Wildman–Crippen LogP) is 4.80. The smallest absolute Gasteiger partial charge is 0.719 e. The molecule has 1 amide bonds. The van der Waals surface area contributed by atoms with Crippen molar-refractivity contribution in [1.29, 1.82) is 0 Å². The van der Waals surface area contributed by atoms with E-state index in [2.05, 4.69) is 32.6 Å². The summed E-state index contributed by atoms with van der Waals surface area (Å²) < 4.78 is 0. The van der Waals surface area contributed by atoms with Crippen LogP contribution >= 0.6 is 0 Å². The van der Waals surface area contributed by atoms with Gasteiger partial charge in [0.15, 0.2) is 0 Å². The molecule has 1 heterocycles. The van der Waals surface area contributed by atoms with Crippen LogP contribution in [0.4, 0.5) is 4.79 Å². The fraction of sp³-hybridized carbons (Fsp3) is 0.480. The summed E-state index contributed by atoms with van der Waals surface area (Å²) >= 11 is 4.90. The quantitative estimate of drug-likeness (QED) is 0.380. The molecule has 1 atom stereocenters. The van der Waals surface area contributed by atoms with E-state index in [0.717, 1.165) is 17.6 Å². The SMILES string of the molecule is C=C/C=C(\C=C/C)[C@H]1c2ccccc2CCN1C(=O)[S-].CC.CC.CCCC.[K+]. The first-order chi connectivity index (χ1) is 13.6. The Morgan fingerprint density at radius 1 is 1.17 bits per heavy atom. The van der Waals surface area contributed by atoms with Gasteiger partial charge in [-0.3, -0.25) is 0 Å². The van der Waals surface area contributed by atoms with Crippen LogP contribution in [0.5, 0.6) is 0 Å². The van der Waals surface area contributed by atoms with Crippen molar-refractivity contribution in [2.75, 3.05) is 6.54 Å². The molecule has 0 saturated carbocycles. The number of hydrogen-bond donors (Lipinski definition) is 0. The van der Waals surface area contributed by atoms with E-state index in [1.807, 2.05) is 65.0 Å². The van der Waals surface area contributed by atoms with E-state index in [1.165, 1.54) is 18.4 Å². The zero-order valence-corrected chi connectivity index (χ0v) is 23.9. The maximum absolute atomic E-state index is 11.8. The van der Waals surface area contributed by atoms with Gasteiger partial charge in [-0.2, -0.15) is 0 Å². The van der Waals surface area contributed by atoms with E-state index in [1.54, 1.807) is 11.0 Å². The van der Waals surface area contributed by atoms with Crippen molar-refractivity contribution < 1.29 is 56.2 Å². The summed E-state index contributed by atoms with van der Waals surface area (Å²) in [6.45, 7) is 18.8. The summed E-state index contributed by atoms with van der Waals surface area (Å²) in [7, 11) is 0. The maximum atomic E-state index is 11.8. The topological polar surface area (TPSA) is 20.3 Å². The molecule has 0 N–H and O–H groups in total. The largest absolute Gasteiger partial charge is 1.00 e. The molecule has 0 radical (unpaired) electrons. The van der Waals surface area contributed by atoms with Crippen molar-refractivity contribution in [3.8, 4) is 0 Å². The van der Waals surface area contributed by atoms with E-state index in [4.69, 9.17) is 12.6 Å². The molecule has 1 aliphatic rings. The molecule has 4 heteroatoms. The second-order valence-electron chi connectivity index (χ2n) is 5.71. The molecule has 2 rings (SSSR count). The monoisotopic (exact) mass is 441 g/mol. The Morgan fingerprint density at radius 3 is 2.17 bits per heavy atom. The minimum atomic E-state index is -0.302. The van der Waals surface area contributed by atoms with E-state index >= 15 is 0 Å². The third-order valence-electron chi connectivity index (χ3n) is 4.00. The molecular weight excluding hydrogens is 401 g/mol. The maximum Gasteiger partial charge on any atom is 1.00 e. The Morgan fingerprint density at radius 2 is 1.72 bits per heavy atom. The Hall–Kier alpha value is -0.234. The van der Waals surface area contributed by atoms with E-state index in [0.29, 0.717) is 6.54 Å². The first-order valence-corrected chi connectivity index (χ1v) is 11.0. The number of rotatable bonds is 4. The standard InChI is InChI=1S/C17H19NOS.C4H10.2C2H6.K/c1-3-7-14(8-4-2)16-15-10-6-5-9-13(15)11-12-18(16)17(19)20;1-3-4-2;2*1-2;/h3-10,16H,1,11-12H2,2H3,(H,19,20);3-4H2,1-2H3;2*1-2H3;/q;;;;+1/p-1/b8-4-,14-7+;;;;/t16-;;;;/m0..../s1. The zero-order valence-electron chi connectivity index (χ0n) is 20.0. The third-order valence-corrected chi connectivity index (χ3v) is 4.24. The molecule has 2 nitrogen and oxygen atoms in total. The number of benzene rings is 1. The van der Waals surface area contributed by atoms with Crippen LogP contribution in [-0.2, 0) is 19.0 Å². The molecule has 1 aliphatic heterocycles. The van der Waals surface area contributed by atoms with Crippen molar-refractivity contribution in [2.24, 2.45) is 0 Å². The number of fused-ring (bicyclic) bond motifs is 1. The van der Waals surface area contributed by atoms with Crippen LogP contribution in [0.1, 0.15) is 78.5 Å². The fourth-order valence-electron chi connectivity index (χ4n) is 2.69. The third kappa shape index (κ3) is 12.3. The molecular formula is C25H40KNOS. The van der Waals surface area contributed by atoms with E-state index in [-0.39, 0.29) is 62.7 Å². The van der Waals surface area contributed by atoms with Gasteiger partial charge in [-0.25, -0.2) is 0 Å². The molecule has 158 valence electrons. The van der Waals surface area contributed by atoms with Gasteiger partial charge in [0.1, 0.15) is 5.24 Å². The molecule has 0 spiro atoms. The van der Waals surface area contributed by atoms with Crippen LogP contribution in [-0.4, -0.2) is 16.7 Å². The number of nitrogens with zero attached hydrogens (tertiary/aromatic N) is 1. The van der Waals surface area contributed by atoms with Gasteiger partial charge in [-0.15, -0.1) is 0 Å². The van der Waals surface area contributed by atoms with E-state index in [9.17, 15) is 4.79 Å². The van der Waals surface area contributed by atoms with Gasteiger partial charge in [0.25, 0.3) is 0 Å². The van der Waals surface area contributed by atoms with Crippen molar-refractivity contribution >= 4 is 17.9 Å². The summed E-state index contributed by atoms with van der Waals surface area (Å²) in [4.78, 5) is 13.6. The predicted molar refractivity (Wildman–Crippen MR) is 129 cm³/mol. The van der Waals surface area contributed by atoms with E-state index < -0.39 is 0 Å². The number of carbonyl (C=O) groups excluding carboxylic acids is 1. The fourth-order valence-corrected chi connectivity index (χ4v) is 2.89. The summed E-state index contributed by atoms with van der Waals surface area (Å²) in [5.41, 5.74) is 3.47. The molecule has 0 bridgehead atoms. The summed E-state index contributed by atoms with van der Waals surface area (Å²) in [6.07, 6.45) is 11.2. The van der Waals surface area contributed by atoms with Gasteiger partial charge in [0, 0.05) is 6.54 Å². The first-order valence-electron chi connectivity index (χ1n) is 10.6. The molecule has 29 heavy (non-hydrogen) atoms. The van der Waals surface area contributed by atoms with Gasteiger partial charge in [-0.1, -0.05) is 110 Å².